The van der Waals surface area contributed by atoms with E-state index in [1.165, 1.54) is 0 Å². The maximum Gasteiger partial charge on any atom is 0.233 e. The molecule has 1 aliphatic rings. The van der Waals surface area contributed by atoms with Crippen molar-refractivity contribution in [1.29, 1.82) is 0 Å². The van der Waals surface area contributed by atoms with Crippen LogP contribution in [0.5, 0.6) is 0 Å². The Morgan fingerprint density at radius 1 is 1.50 bits per heavy atom. The molecule has 82 valence electrons. The zero-order chi connectivity index (χ0) is 10.6. The number of carbonyl (C=O) groups is 1. The summed E-state index contributed by atoms with van der Waals surface area (Å²) in [5.41, 5.74) is 0. The Balaban J connectivity index is 2.43. The number of hydrogen-bond donors (Lipinski definition) is 0. The van der Waals surface area contributed by atoms with Crippen molar-refractivity contribution < 1.29 is 4.79 Å². The van der Waals surface area contributed by atoms with Gasteiger partial charge in [0, 0.05) is 19.1 Å². The summed E-state index contributed by atoms with van der Waals surface area (Å²) in [4.78, 5) is 15.8. The van der Waals surface area contributed by atoms with Crippen molar-refractivity contribution in [3.8, 4) is 0 Å². The van der Waals surface area contributed by atoms with Crippen LogP contribution in [0.15, 0.2) is 0 Å². The molecule has 0 bridgehead atoms. The van der Waals surface area contributed by atoms with Gasteiger partial charge in [-0.3, -0.25) is 9.69 Å². The molecule has 0 aromatic heterocycles. The van der Waals surface area contributed by atoms with E-state index in [1.54, 1.807) is 0 Å². The van der Waals surface area contributed by atoms with Crippen LogP contribution < -0.4 is 0 Å². The molecular formula is C10H19BrN2O. The van der Waals surface area contributed by atoms with E-state index in [-0.39, 0.29) is 5.91 Å². The molecular weight excluding hydrogens is 244 g/mol. The smallest absolute Gasteiger partial charge is 0.233 e. The van der Waals surface area contributed by atoms with Crippen molar-refractivity contribution in [2.24, 2.45) is 0 Å². The Kier molecular flexibility index (Phi) is 4.89. The summed E-state index contributed by atoms with van der Waals surface area (Å²) in [5.74, 6) is 0.222. The zero-order valence-corrected chi connectivity index (χ0v) is 10.6. The number of hydrogen-bond acceptors (Lipinski definition) is 2. The highest BCUT2D eigenvalue weighted by Crippen LogP contribution is 2.15. The van der Waals surface area contributed by atoms with Crippen molar-refractivity contribution in [3.63, 3.8) is 0 Å². The number of halogens is 1. The number of carbonyl (C=O) groups excluding carboxylic acids is 1. The van der Waals surface area contributed by atoms with Gasteiger partial charge in [0.2, 0.25) is 5.91 Å². The Morgan fingerprint density at radius 3 is 2.64 bits per heavy atom. The fourth-order valence-corrected chi connectivity index (χ4v) is 2.45. The molecule has 1 fully saturated rings. The summed E-state index contributed by atoms with van der Waals surface area (Å²) in [5, 5.41) is 0.456. The van der Waals surface area contributed by atoms with Gasteiger partial charge in [-0.25, -0.2) is 0 Å². The van der Waals surface area contributed by atoms with Crippen LogP contribution in [0.3, 0.4) is 0 Å². The summed E-state index contributed by atoms with van der Waals surface area (Å²) >= 11 is 3.21. The van der Waals surface area contributed by atoms with Crippen LogP contribution in [0.4, 0.5) is 0 Å². The molecule has 0 aromatic carbocycles. The number of amides is 1. The van der Waals surface area contributed by atoms with Crippen LogP contribution in [0.2, 0.25) is 0 Å². The SMILES string of the molecule is CCN(CC)C1CCN(C(=O)CBr)C1. The van der Waals surface area contributed by atoms with Gasteiger partial charge in [-0.05, 0) is 19.5 Å². The van der Waals surface area contributed by atoms with E-state index in [4.69, 9.17) is 0 Å². The van der Waals surface area contributed by atoms with Crippen LogP contribution in [-0.4, -0.2) is 53.3 Å². The van der Waals surface area contributed by atoms with Gasteiger partial charge in [0.25, 0.3) is 0 Å². The van der Waals surface area contributed by atoms with Crippen molar-refractivity contribution >= 4 is 21.8 Å². The van der Waals surface area contributed by atoms with Gasteiger partial charge in [-0.15, -0.1) is 0 Å². The zero-order valence-electron chi connectivity index (χ0n) is 9.00. The first-order chi connectivity index (χ1) is 6.72. The van der Waals surface area contributed by atoms with E-state index in [2.05, 4.69) is 34.7 Å². The molecule has 0 saturated carbocycles. The topological polar surface area (TPSA) is 23.6 Å². The predicted molar refractivity (Wildman–Crippen MR) is 61.7 cm³/mol. The van der Waals surface area contributed by atoms with E-state index in [1.807, 2.05) is 4.90 Å². The Labute approximate surface area is 94.6 Å². The molecule has 1 rings (SSSR count). The Hall–Kier alpha value is -0.0900. The van der Waals surface area contributed by atoms with Crippen LogP contribution in [-0.2, 0) is 4.79 Å². The second-order valence-corrected chi connectivity index (χ2v) is 4.20. The first-order valence-electron chi connectivity index (χ1n) is 5.30. The molecule has 0 aliphatic carbocycles. The standard InChI is InChI=1S/C10H19BrN2O/c1-3-12(4-2)9-5-6-13(8-9)10(14)7-11/h9H,3-8H2,1-2H3. The highest BCUT2D eigenvalue weighted by Gasteiger charge is 2.28. The first-order valence-corrected chi connectivity index (χ1v) is 6.42. The number of likely N-dealkylation sites (N-methyl/N-ethyl adjacent to an activating group) is 1. The van der Waals surface area contributed by atoms with E-state index < -0.39 is 0 Å². The maximum atomic E-state index is 11.4. The van der Waals surface area contributed by atoms with Crippen molar-refractivity contribution in [3.05, 3.63) is 0 Å². The lowest BCUT2D eigenvalue weighted by atomic mass is 10.2. The number of nitrogens with zero attached hydrogens (tertiary/aromatic N) is 2. The largest absolute Gasteiger partial charge is 0.340 e. The third-order valence-corrected chi connectivity index (χ3v) is 3.44. The number of alkyl halides is 1. The minimum Gasteiger partial charge on any atom is -0.340 e. The van der Waals surface area contributed by atoms with E-state index in [0.717, 1.165) is 32.6 Å². The fourth-order valence-electron chi connectivity index (χ4n) is 2.09. The minimum absolute atomic E-state index is 0.222. The number of rotatable bonds is 4. The summed E-state index contributed by atoms with van der Waals surface area (Å²) in [6.07, 6.45) is 1.13. The minimum atomic E-state index is 0.222. The summed E-state index contributed by atoms with van der Waals surface area (Å²) < 4.78 is 0. The average Bonchev–Trinajstić information content (AvgIpc) is 2.68. The molecule has 14 heavy (non-hydrogen) atoms. The second-order valence-electron chi connectivity index (χ2n) is 3.64. The molecule has 0 spiro atoms. The maximum absolute atomic E-state index is 11.4. The fraction of sp³-hybridized carbons (Fsp3) is 0.900. The lowest BCUT2D eigenvalue weighted by Gasteiger charge is -2.25. The van der Waals surface area contributed by atoms with E-state index in [9.17, 15) is 4.79 Å². The summed E-state index contributed by atoms with van der Waals surface area (Å²) in [6.45, 7) is 8.35. The molecule has 1 saturated heterocycles. The van der Waals surface area contributed by atoms with Crippen LogP contribution in [0.25, 0.3) is 0 Å². The van der Waals surface area contributed by atoms with Gasteiger partial charge in [0.05, 0.1) is 5.33 Å². The van der Waals surface area contributed by atoms with Crippen molar-refractivity contribution in [2.75, 3.05) is 31.5 Å². The van der Waals surface area contributed by atoms with Crippen LogP contribution in [0, 0.1) is 0 Å². The lowest BCUT2D eigenvalue weighted by Crippen LogP contribution is -2.38. The molecule has 0 N–H and O–H groups in total. The van der Waals surface area contributed by atoms with Gasteiger partial charge in [0.15, 0.2) is 0 Å². The predicted octanol–water partition coefficient (Wildman–Crippen LogP) is 1.32. The molecule has 1 aliphatic heterocycles. The average molecular weight is 263 g/mol. The van der Waals surface area contributed by atoms with Gasteiger partial charge in [-0.1, -0.05) is 29.8 Å². The van der Waals surface area contributed by atoms with Gasteiger partial charge < -0.3 is 4.90 Å². The lowest BCUT2D eigenvalue weighted by molar-refractivity contribution is -0.127. The highest BCUT2D eigenvalue weighted by atomic mass is 79.9. The molecule has 0 aromatic rings. The first kappa shape index (κ1) is 12.0. The molecule has 1 heterocycles. The Bertz CT molecular complexity index is 195. The Morgan fingerprint density at radius 2 is 2.14 bits per heavy atom. The third kappa shape index (κ3) is 2.70. The molecule has 0 radical (unpaired) electrons. The van der Waals surface area contributed by atoms with Crippen molar-refractivity contribution in [2.45, 2.75) is 26.3 Å². The van der Waals surface area contributed by atoms with Crippen molar-refractivity contribution in [1.82, 2.24) is 9.80 Å². The molecule has 1 unspecified atom stereocenters. The van der Waals surface area contributed by atoms with Gasteiger partial charge in [0.1, 0.15) is 0 Å². The third-order valence-electron chi connectivity index (χ3n) is 2.96. The summed E-state index contributed by atoms with van der Waals surface area (Å²) in [6, 6.07) is 0.577. The van der Waals surface area contributed by atoms with Crippen LogP contribution in [0.1, 0.15) is 20.3 Å². The van der Waals surface area contributed by atoms with E-state index >= 15 is 0 Å². The van der Waals surface area contributed by atoms with E-state index in [0.29, 0.717) is 11.4 Å². The van der Waals surface area contributed by atoms with Crippen LogP contribution >= 0.6 is 15.9 Å². The molecule has 1 amide bonds. The second kappa shape index (κ2) is 5.71. The molecule has 4 heteroatoms. The monoisotopic (exact) mass is 262 g/mol. The molecule has 3 nitrogen and oxygen atoms in total. The normalized spacial score (nSPS) is 22.0. The number of likely N-dealkylation sites (tertiary alicyclic amines) is 1. The quantitative estimate of drug-likeness (QED) is 0.714. The molecule has 1 atom stereocenters. The van der Waals surface area contributed by atoms with Gasteiger partial charge in [-0.2, -0.15) is 0 Å². The van der Waals surface area contributed by atoms with Gasteiger partial charge >= 0.3 is 0 Å². The highest BCUT2D eigenvalue weighted by molar-refractivity contribution is 9.09. The summed E-state index contributed by atoms with van der Waals surface area (Å²) in [7, 11) is 0.